The van der Waals surface area contributed by atoms with Gasteiger partial charge in [-0.15, -0.1) is 11.3 Å². The van der Waals surface area contributed by atoms with E-state index >= 15 is 0 Å². The molecule has 2 atom stereocenters. The molecule has 2 heterocycles. The highest BCUT2D eigenvalue weighted by atomic mass is 35.5. The maximum absolute atomic E-state index is 14.3. The van der Waals surface area contributed by atoms with Crippen molar-refractivity contribution in [1.29, 1.82) is 0 Å². The number of aliphatic hydroxyl groups is 1. The van der Waals surface area contributed by atoms with Crippen LogP contribution in [0.3, 0.4) is 0 Å². The van der Waals surface area contributed by atoms with Gasteiger partial charge in [-0.1, -0.05) is 48.0 Å². The average Bonchev–Trinajstić information content (AvgIpc) is 3.70. The number of sulfonamides is 1. The molecule has 5 rings (SSSR count). The molecule has 258 valence electrons. The van der Waals surface area contributed by atoms with Crippen LogP contribution in [0.15, 0.2) is 83.3 Å². The fourth-order valence-corrected chi connectivity index (χ4v) is 8.31. The predicted octanol–water partition coefficient (Wildman–Crippen LogP) is 4.85. The molecule has 5 aromatic rings. The molecule has 0 spiro atoms. The topological polar surface area (TPSA) is 161 Å². The van der Waals surface area contributed by atoms with Crippen molar-refractivity contribution >= 4 is 60.9 Å². The molecule has 49 heavy (non-hydrogen) atoms. The van der Waals surface area contributed by atoms with Crippen LogP contribution in [-0.2, 0) is 46.0 Å². The van der Waals surface area contributed by atoms with E-state index in [1.54, 1.807) is 91.0 Å². The zero-order chi connectivity index (χ0) is 35.3. The molecule has 0 fully saturated rings. The number of anilines is 1. The number of fused-ring (bicyclic) bond motifs is 1. The number of nitrogens with zero attached hydrogens (tertiary/aromatic N) is 5. The van der Waals surface area contributed by atoms with Gasteiger partial charge < -0.3 is 15.6 Å². The third kappa shape index (κ3) is 8.01. The largest absolute Gasteiger partial charge is 0.452 e. The smallest absolute Gasteiger partial charge is 0.420 e. The third-order valence-corrected chi connectivity index (χ3v) is 11.3. The highest BCUT2D eigenvalue weighted by molar-refractivity contribution is 7.89. The fraction of sp³-hybridized carbons (Fsp3) is 0.294. The average molecular weight is 725 g/mol. The number of imide groups is 1. The summed E-state index contributed by atoms with van der Waals surface area (Å²) in [6.45, 7) is 1.26. The number of para-hydroxylation sites is 1. The Morgan fingerprint density at radius 2 is 1.80 bits per heavy atom. The Morgan fingerprint density at radius 3 is 2.47 bits per heavy atom. The first kappa shape index (κ1) is 36.1. The van der Waals surface area contributed by atoms with Gasteiger partial charge in [0.05, 0.1) is 51.8 Å². The molecule has 0 saturated heterocycles. The monoisotopic (exact) mass is 724 g/mol. The van der Waals surface area contributed by atoms with Gasteiger partial charge in [0.2, 0.25) is 10.0 Å². The zero-order valence-electron chi connectivity index (χ0n) is 27.2. The van der Waals surface area contributed by atoms with Gasteiger partial charge in [0.1, 0.15) is 0 Å². The summed E-state index contributed by atoms with van der Waals surface area (Å²) < 4.78 is 37.2. The molecule has 0 aliphatic rings. The van der Waals surface area contributed by atoms with Crippen molar-refractivity contribution in [2.24, 2.45) is 12.8 Å². The molecule has 0 aliphatic heterocycles. The van der Waals surface area contributed by atoms with Gasteiger partial charge in [0, 0.05) is 36.4 Å². The Balaban J connectivity index is 1.46. The van der Waals surface area contributed by atoms with Crippen LogP contribution in [-0.4, -0.2) is 70.4 Å². The zero-order valence-corrected chi connectivity index (χ0v) is 29.6. The summed E-state index contributed by atoms with van der Waals surface area (Å²) in [5, 5.41) is 15.5. The minimum absolute atomic E-state index is 0.0424. The number of hydrogen-bond donors (Lipinski definition) is 2. The Hall–Kier alpha value is -4.18. The van der Waals surface area contributed by atoms with E-state index in [2.05, 4.69) is 10.1 Å². The number of amides is 2. The first-order valence-electron chi connectivity index (χ1n) is 15.4. The van der Waals surface area contributed by atoms with E-state index in [0.717, 1.165) is 4.90 Å². The van der Waals surface area contributed by atoms with Crippen molar-refractivity contribution in [1.82, 2.24) is 19.1 Å². The second kappa shape index (κ2) is 15.6. The summed E-state index contributed by atoms with van der Waals surface area (Å²) in [6.07, 6.45) is 1.23. The van der Waals surface area contributed by atoms with Gasteiger partial charge in [-0.3, -0.25) is 9.48 Å². The maximum Gasteiger partial charge on any atom is 0.420 e. The van der Waals surface area contributed by atoms with Crippen LogP contribution >= 0.6 is 22.9 Å². The number of benzene rings is 3. The number of aromatic nitrogens is 3. The minimum atomic E-state index is -4.14. The Morgan fingerprint density at radius 1 is 1.08 bits per heavy atom. The van der Waals surface area contributed by atoms with Crippen LogP contribution in [0.1, 0.15) is 28.8 Å². The molecule has 0 bridgehead atoms. The Labute approximate surface area is 293 Å². The van der Waals surface area contributed by atoms with Crippen molar-refractivity contribution < 1.29 is 27.9 Å². The van der Waals surface area contributed by atoms with Crippen LogP contribution in [0, 0.1) is 6.92 Å². The van der Waals surface area contributed by atoms with E-state index in [1.807, 2.05) is 0 Å². The standard InChI is InChI=1S/C34H37ClN6O6S2/c1-22-25(18-39(2)38-22)19-40(49(45,46)27-14-15-30-32(17-27)48-21-37-30)26(20-42)13-12-23-8-5-7-11-31(23)41(34(44)47-3)33(43)29(36)16-24-9-4-6-10-28(24)35/h4-11,14-15,17-18,21,26,29,42H,12-13,16,19-20,36H2,1-3H3/t26-,29-/m0/s1. The van der Waals surface area contributed by atoms with Gasteiger partial charge in [-0.05, 0) is 67.6 Å². The minimum Gasteiger partial charge on any atom is -0.452 e. The third-order valence-electron chi connectivity index (χ3n) is 8.24. The number of rotatable bonds is 13. The predicted molar refractivity (Wildman–Crippen MR) is 189 cm³/mol. The molecular formula is C34H37ClN6O6S2. The van der Waals surface area contributed by atoms with E-state index in [1.165, 1.54) is 28.8 Å². The molecule has 3 aromatic carbocycles. The number of aliphatic hydroxyl groups excluding tert-OH is 1. The number of thiazole rings is 1. The van der Waals surface area contributed by atoms with Crippen LogP contribution in [0.2, 0.25) is 5.02 Å². The van der Waals surface area contributed by atoms with Crippen LogP contribution in [0.25, 0.3) is 10.2 Å². The van der Waals surface area contributed by atoms with Gasteiger partial charge in [-0.25, -0.2) is 23.1 Å². The normalized spacial score (nSPS) is 13.0. The molecule has 15 heteroatoms. The highest BCUT2D eigenvalue weighted by Crippen LogP contribution is 2.30. The lowest BCUT2D eigenvalue weighted by Crippen LogP contribution is -2.48. The van der Waals surface area contributed by atoms with E-state index in [0.29, 0.717) is 37.6 Å². The number of halogens is 1. The van der Waals surface area contributed by atoms with Crippen molar-refractivity contribution in [2.45, 2.75) is 49.7 Å². The molecule has 0 unspecified atom stereocenters. The fourth-order valence-electron chi connectivity index (χ4n) is 5.65. The number of methoxy groups -OCH3 is 1. The summed E-state index contributed by atoms with van der Waals surface area (Å²) in [6, 6.07) is 16.5. The lowest BCUT2D eigenvalue weighted by atomic mass is 10.0. The van der Waals surface area contributed by atoms with Crippen LogP contribution in [0.5, 0.6) is 0 Å². The summed E-state index contributed by atoms with van der Waals surface area (Å²) in [5.41, 5.74) is 11.4. The summed E-state index contributed by atoms with van der Waals surface area (Å²) in [4.78, 5) is 32.0. The molecule has 0 aliphatic carbocycles. The van der Waals surface area contributed by atoms with Crippen LogP contribution < -0.4 is 10.6 Å². The molecule has 3 N–H and O–H groups in total. The SMILES string of the molecule is COC(=O)N(C(=O)[C@@H](N)Cc1ccccc1Cl)c1ccccc1CC[C@@H](CO)N(Cc1cn(C)nc1C)S(=O)(=O)c1ccc2ncsc2c1. The second-order valence-electron chi connectivity index (χ2n) is 11.5. The number of aryl methyl sites for hydroxylation is 3. The van der Waals surface area contributed by atoms with E-state index in [-0.39, 0.29) is 36.4 Å². The second-order valence-corrected chi connectivity index (χ2v) is 14.7. The van der Waals surface area contributed by atoms with Gasteiger partial charge in [0.15, 0.2) is 0 Å². The van der Waals surface area contributed by atoms with E-state index in [4.69, 9.17) is 22.1 Å². The first-order chi connectivity index (χ1) is 23.4. The molecule has 2 amide bonds. The van der Waals surface area contributed by atoms with Gasteiger partial charge >= 0.3 is 6.09 Å². The molecule has 0 saturated carbocycles. The maximum atomic E-state index is 14.3. The summed E-state index contributed by atoms with van der Waals surface area (Å²) in [7, 11) is -1.23. The van der Waals surface area contributed by atoms with Gasteiger partial charge in [0.25, 0.3) is 5.91 Å². The van der Waals surface area contributed by atoms with Crippen LogP contribution in [0.4, 0.5) is 10.5 Å². The lowest BCUT2D eigenvalue weighted by molar-refractivity contribution is -0.119. The van der Waals surface area contributed by atoms with Crippen molar-refractivity contribution in [3.05, 3.63) is 106 Å². The Bertz CT molecular complexity index is 2070. The molecule has 0 radical (unpaired) electrons. The van der Waals surface area contributed by atoms with Crippen molar-refractivity contribution in [3.8, 4) is 0 Å². The first-order valence-corrected chi connectivity index (χ1v) is 18.1. The number of carbonyl (C=O) groups is 2. The molecular weight excluding hydrogens is 688 g/mol. The van der Waals surface area contributed by atoms with E-state index < -0.39 is 40.7 Å². The number of carbonyl (C=O) groups excluding carboxylic acids is 2. The summed E-state index contributed by atoms with van der Waals surface area (Å²) >= 11 is 7.63. The molecule has 12 nitrogen and oxygen atoms in total. The number of nitrogens with two attached hydrogens (primary N) is 1. The lowest BCUT2D eigenvalue weighted by Gasteiger charge is -2.30. The van der Waals surface area contributed by atoms with Crippen molar-refractivity contribution in [2.75, 3.05) is 18.6 Å². The number of ether oxygens (including phenoxy) is 1. The van der Waals surface area contributed by atoms with Crippen molar-refractivity contribution in [3.63, 3.8) is 0 Å². The molecule has 2 aromatic heterocycles. The highest BCUT2D eigenvalue weighted by Gasteiger charge is 2.34. The summed E-state index contributed by atoms with van der Waals surface area (Å²) in [5.74, 6) is -0.701. The number of hydrogen-bond acceptors (Lipinski definition) is 10. The quantitative estimate of drug-likeness (QED) is 0.173. The Kier molecular flexibility index (Phi) is 11.5. The van der Waals surface area contributed by atoms with E-state index in [9.17, 15) is 23.1 Å². The van der Waals surface area contributed by atoms with Gasteiger partial charge in [-0.2, -0.15) is 9.40 Å².